The van der Waals surface area contributed by atoms with Gasteiger partial charge in [0.1, 0.15) is 16.5 Å². The van der Waals surface area contributed by atoms with E-state index in [1.54, 1.807) is 0 Å². The molecule has 1 heterocycles. The monoisotopic (exact) mass is 404 g/mol. The summed E-state index contributed by atoms with van der Waals surface area (Å²) in [6, 6.07) is 8.92. The average molecular weight is 405 g/mol. The highest BCUT2D eigenvalue weighted by atomic mass is 35.5. The maximum atomic E-state index is 13.9. The normalized spacial score (nSPS) is 10.8. The fourth-order valence-corrected chi connectivity index (χ4v) is 2.92. The fraction of sp³-hybridized carbons (Fsp3) is 0.200. The van der Waals surface area contributed by atoms with Crippen molar-refractivity contribution in [2.45, 2.75) is 13.5 Å². The van der Waals surface area contributed by atoms with Crippen LogP contribution >= 0.6 is 11.6 Å². The highest BCUT2D eigenvalue weighted by Gasteiger charge is 2.14. The summed E-state index contributed by atoms with van der Waals surface area (Å²) in [4.78, 5) is 14.5. The molecule has 0 fully saturated rings. The van der Waals surface area contributed by atoms with Crippen LogP contribution in [0.4, 0.5) is 20.2 Å². The molecule has 146 valence electrons. The van der Waals surface area contributed by atoms with Crippen LogP contribution in [0.25, 0.3) is 5.69 Å². The van der Waals surface area contributed by atoms with Crippen LogP contribution < -0.4 is 15.8 Å². The lowest BCUT2D eigenvalue weighted by Gasteiger charge is -2.16. The van der Waals surface area contributed by atoms with E-state index in [-0.39, 0.29) is 10.7 Å². The predicted octanol–water partition coefficient (Wildman–Crippen LogP) is 4.15. The first-order valence-electron chi connectivity index (χ1n) is 8.52. The SMILES string of the molecule is Cc1cc(N(C)C)ccc1CNc1cnn(-c2ccc(F)cc2F)c(=O)c1Cl. The van der Waals surface area contributed by atoms with Gasteiger partial charge in [-0.15, -0.1) is 0 Å². The molecule has 0 aliphatic carbocycles. The molecule has 0 spiro atoms. The van der Waals surface area contributed by atoms with Crippen LogP contribution in [-0.2, 0) is 6.54 Å². The van der Waals surface area contributed by atoms with Crippen molar-refractivity contribution in [2.75, 3.05) is 24.3 Å². The Morgan fingerprint density at radius 2 is 1.93 bits per heavy atom. The molecule has 8 heteroatoms. The molecule has 3 aromatic rings. The molecule has 28 heavy (non-hydrogen) atoms. The van der Waals surface area contributed by atoms with Gasteiger partial charge in [-0.05, 0) is 42.3 Å². The molecule has 5 nitrogen and oxygen atoms in total. The van der Waals surface area contributed by atoms with Gasteiger partial charge in [-0.1, -0.05) is 17.7 Å². The molecule has 0 aliphatic heterocycles. The maximum Gasteiger partial charge on any atom is 0.292 e. The summed E-state index contributed by atoms with van der Waals surface area (Å²) in [5, 5.41) is 6.92. The Morgan fingerprint density at radius 3 is 2.57 bits per heavy atom. The zero-order valence-electron chi connectivity index (χ0n) is 15.6. The van der Waals surface area contributed by atoms with Crippen LogP contribution in [0.1, 0.15) is 11.1 Å². The van der Waals surface area contributed by atoms with E-state index in [1.807, 2.05) is 38.1 Å². The molecule has 1 N–H and O–H groups in total. The van der Waals surface area contributed by atoms with E-state index in [1.165, 1.54) is 6.20 Å². The Bertz CT molecular complexity index is 1080. The summed E-state index contributed by atoms with van der Waals surface area (Å²) in [5.74, 6) is -1.64. The van der Waals surface area contributed by atoms with Crippen LogP contribution in [0.5, 0.6) is 0 Å². The smallest absolute Gasteiger partial charge is 0.292 e. The Morgan fingerprint density at radius 1 is 1.18 bits per heavy atom. The molecule has 0 bridgehead atoms. The van der Waals surface area contributed by atoms with Gasteiger partial charge in [0.15, 0.2) is 5.82 Å². The van der Waals surface area contributed by atoms with E-state index in [0.29, 0.717) is 18.3 Å². The lowest BCUT2D eigenvalue weighted by Crippen LogP contribution is -2.23. The van der Waals surface area contributed by atoms with Crippen molar-refractivity contribution in [2.24, 2.45) is 0 Å². The average Bonchev–Trinajstić information content (AvgIpc) is 2.64. The Kier molecular flexibility index (Phi) is 5.65. The minimum absolute atomic E-state index is 0.124. The van der Waals surface area contributed by atoms with Gasteiger partial charge in [-0.2, -0.15) is 9.78 Å². The summed E-state index contributed by atoms with van der Waals surface area (Å²) in [7, 11) is 3.94. The molecular weight excluding hydrogens is 386 g/mol. The second-order valence-corrected chi connectivity index (χ2v) is 6.92. The highest BCUT2D eigenvalue weighted by molar-refractivity contribution is 6.32. The first-order chi connectivity index (χ1) is 13.3. The number of anilines is 2. The number of halogens is 3. The molecule has 0 saturated heterocycles. The van der Waals surface area contributed by atoms with Crippen LogP contribution in [-0.4, -0.2) is 23.9 Å². The summed E-state index contributed by atoms with van der Waals surface area (Å²) >= 11 is 6.17. The Hall–Kier alpha value is -2.93. The Balaban J connectivity index is 1.85. The second-order valence-electron chi connectivity index (χ2n) is 6.54. The van der Waals surface area contributed by atoms with Gasteiger partial charge >= 0.3 is 0 Å². The highest BCUT2D eigenvalue weighted by Crippen LogP contribution is 2.21. The van der Waals surface area contributed by atoms with E-state index >= 15 is 0 Å². The zero-order valence-corrected chi connectivity index (χ0v) is 16.4. The maximum absolute atomic E-state index is 13.9. The molecule has 3 rings (SSSR count). The van der Waals surface area contributed by atoms with Gasteiger partial charge in [0, 0.05) is 32.4 Å². The molecule has 0 atom stereocenters. The topological polar surface area (TPSA) is 50.2 Å². The molecular formula is C20H19ClF2N4O. The van der Waals surface area contributed by atoms with Gasteiger partial charge in [0.25, 0.3) is 5.56 Å². The van der Waals surface area contributed by atoms with Crippen LogP contribution in [0, 0.1) is 18.6 Å². The van der Waals surface area contributed by atoms with Crippen molar-refractivity contribution in [1.29, 1.82) is 0 Å². The number of rotatable bonds is 5. The molecule has 2 aromatic carbocycles. The van der Waals surface area contributed by atoms with Crippen molar-refractivity contribution in [3.63, 3.8) is 0 Å². The van der Waals surface area contributed by atoms with Gasteiger partial charge in [0.05, 0.1) is 11.9 Å². The molecule has 0 radical (unpaired) electrons. The minimum Gasteiger partial charge on any atom is -0.378 e. The first kappa shape index (κ1) is 19.8. The van der Waals surface area contributed by atoms with Crippen LogP contribution in [0.2, 0.25) is 5.02 Å². The van der Waals surface area contributed by atoms with Crippen molar-refractivity contribution in [3.05, 3.63) is 80.7 Å². The van der Waals surface area contributed by atoms with Crippen LogP contribution in [0.3, 0.4) is 0 Å². The molecule has 0 amide bonds. The third-order valence-electron chi connectivity index (χ3n) is 4.37. The van der Waals surface area contributed by atoms with E-state index in [9.17, 15) is 13.6 Å². The number of hydrogen-bond acceptors (Lipinski definition) is 4. The number of benzene rings is 2. The summed E-state index contributed by atoms with van der Waals surface area (Å²) in [6.45, 7) is 2.44. The van der Waals surface area contributed by atoms with E-state index < -0.39 is 17.2 Å². The van der Waals surface area contributed by atoms with Crippen molar-refractivity contribution in [3.8, 4) is 5.69 Å². The lowest BCUT2D eigenvalue weighted by atomic mass is 10.1. The van der Waals surface area contributed by atoms with E-state index in [2.05, 4.69) is 16.5 Å². The largest absolute Gasteiger partial charge is 0.378 e. The van der Waals surface area contributed by atoms with Gasteiger partial charge in [0.2, 0.25) is 0 Å². The zero-order chi connectivity index (χ0) is 20.4. The standard InChI is InChI=1S/C20H19ClF2N4O/c1-12-8-15(26(2)3)6-4-13(12)10-24-17-11-25-27(20(28)19(17)21)18-7-5-14(22)9-16(18)23/h4-9,11,24H,10H2,1-3H3. The van der Waals surface area contributed by atoms with Gasteiger partial charge in [-0.3, -0.25) is 4.79 Å². The quantitative estimate of drug-likeness (QED) is 0.694. The van der Waals surface area contributed by atoms with Crippen molar-refractivity contribution in [1.82, 2.24) is 9.78 Å². The summed E-state index contributed by atoms with van der Waals surface area (Å²) < 4.78 is 27.8. The fourth-order valence-electron chi connectivity index (χ4n) is 2.73. The molecule has 0 saturated carbocycles. The number of nitrogens with zero attached hydrogens (tertiary/aromatic N) is 3. The van der Waals surface area contributed by atoms with E-state index in [0.717, 1.165) is 33.6 Å². The molecule has 0 unspecified atom stereocenters. The number of hydrogen-bond donors (Lipinski definition) is 1. The minimum atomic E-state index is -0.900. The summed E-state index contributed by atoms with van der Waals surface area (Å²) in [5.41, 5.74) is 2.68. The van der Waals surface area contributed by atoms with Crippen LogP contribution in [0.15, 0.2) is 47.4 Å². The number of aryl methyl sites for hydroxylation is 1. The van der Waals surface area contributed by atoms with Gasteiger partial charge in [-0.25, -0.2) is 8.78 Å². The van der Waals surface area contributed by atoms with Crippen molar-refractivity contribution >= 4 is 23.0 Å². The third-order valence-corrected chi connectivity index (χ3v) is 4.73. The number of aromatic nitrogens is 2. The summed E-state index contributed by atoms with van der Waals surface area (Å²) in [6.07, 6.45) is 1.34. The predicted molar refractivity (Wildman–Crippen MR) is 108 cm³/mol. The first-order valence-corrected chi connectivity index (χ1v) is 8.89. The molecule has 1 aromatic heterocycles. The van der Waals surface area contributed by atoms with E-state index in [4.69, 9.17) is 11.6 Å². The second kappa shape index (κ2) is 7.98. The molecule has 0 aliphatic rings. The number of nitrogens with one attached hydrogen (secondary N) is 1. The van der Waals surface area contributed by atoms with Gasteiger partial charge < -0.3 is 10.2 Å². The third kappa shape index (κ3) is 3.99. The Labute approximate surface area is 166 Å². The lowest BCUT2D eigenvalue weighted by molar-refractivity contribution is 0.571. The van der Waals surface area contributed by atoms with Crippen molar-refractivity contribution < 1.29 is 8.78 Å².